The predicted molar refractivity (Wildman–Crippen MR) is 62.0 cm³/mol. The Morgan fingerprint density at radius 3 is 2.12 bits per heavy atom. The predicted octanol–water partition coefficient (Wildman–Crippen LogP) is 0.734. The van der Waals surface area contributed by atoms with Crippen LogP contribution in [0.4, 0.5) is 0 Å². The average molecular weight is 232 g/mol. The first-order chi connectivity index (χ1) is 7.30. The van der Waals surface area contributed by atoms with E-state index in [1.54, 1.807) is 0 Å². The fourth-order valence-electron chi connectivity index (χ4n) is 2.14. The Balaban J connectivity index is 0.000000325. The first-order valence-corrected chi connectivity index (χ1v) is 5.72. The zero-order chi connectivity index (χ0) is 12.8. The van der Waals surface area contributed by atoms with Crippen LogP contribution >= 0.6 is 0 Å². The van der Waals surface area contributed by atoms with E-state index in [1.807, 2.05) is 0 Å². The van der Waals surface area contributed by atoms with Crippen LogP contribution in [-0.4, -0.2) is 40.4 Å². The topological polar surface area (TPSA) is 77.8 Å². The molecule has 0 saturated heterocycles. The van der Waals surface area contributed by atoms with E-state index in [9.17, 15) is 4.79 Å². The lowest BCUT2D eigenvalue weighted by Gasteiger charge is -2.32. The second kappa shape index (κ2) is 6.99. The number of ketones is 1. The molecule has 0 bridgehead atoms. The summed E-state index contributed by atoms with van der Waals surface area (Å²) in [6.07, 6.45) is 1.85. The molecule has 0 aromatic heterocycles. The van der Waals surface area contributed by atoms with Crippen molar-refractivity contribution in [2.45, 2.75) is 46.1 Å². The summed E-state index contributed by atoms with van der Waals surface area (Å²) in [5.74, 6) is 1.06. The van der Waals surface area contributed by atoms with Gasteiger partial charge in [-0.2, -0.15) is 0 Å². The van der Waals surface area contributed by atoms with E-state index in [0.29, 0.717) is 11.7 Å². The Morgan fingerprint density at radius 1 is 1.38 bits per heavy atom. The normalized spacial score (nSPS) is 23.9. The molecular formula is C12H24O4. The SMILES string of the molecule is CC1CC(=O)CC(C)(C)C1.OCC(O)CO. The fraction of sp³-hybridized carbons (Fsp3) is 0.917. The van der Waals surface area contributed by atoms with Gasteiger partial charge in [0.2, 0.25) is 0 Å². The standard InChI is InChI=1S/C9H16O.C3H8O3/c1-7-4-8(10)6-9(2,3)5-7;4-1-3(6)2-5/h7H,4-6H2,1-3H3;3-6H,1-2H2. The molecule has 0 aromatic carbocycles. The molecule has 1 aliphatic rings. The molecule has 96 valence electrons. The lowest BCUT2D eigenvalue weighted by atomic mass is 9.72. The number of aliphatic hydroxyl groups is 3. The van der Waals surface area contributed by atoms with Crippen molar-refractivity contribution >= 4 is 5.78 Å². The molecule has 0 radical (unpaired) electrons. The van der Waals surface area contributed by atoms with Crippen molar-refractivity contribution < 1.29 is 20.1 Å². The van der Waals surface area contributed by atoms with Crippen LogP contribution in [0.5, 0.6) is 0 Å². The molecule has 3 N–H and O–H groups in total. The number of hydrogen-bond donors (Lipinski definition) is 3. The van der Waals surface area contributed by atoms with Crippen LogP contribution in [0.15, 0.2) is 0 Å². The van der Waals surface area contributed by atoms with Crippen LogP contribution in [0.3, 0.4) is 0 Å². The number of rotatable bonds is 2. The monoisotopic (exact) mass is 232 g/mol. The van der Waals surface area contributed by atoms with Crippen LogP contribution in [0.2, 0.25) is 0 Å². The summed E-state index contributed by atoms with van der Waals surface area (Å²) in [7, 11) is 0. The third-order valence-electron chi connectivity index (χ3n) is 2.57. The van der Waals surface area contributed by atoms with Crippen molar-refractivity contribution in [3.05, 3.63) is 0 Å². The van der Waals surface area contributed by atoms with Crippen molar-refractivity contribution in [3.8, 4) is 0 Å². The largest absolute Gasteiger partial charge is 0.394 e. The highest BCUT2D eigenvalue weighted by Crippen LogP contribution is 2.36. The van der Waals surface area contributed by atoms with E-state index in [-0.39, 0.29) is 18.6 Å². The number of carbonyl (C=O) groups excluding carboxylic acids is 1. The summed E-state index contributed by atoms with van der Waals surface area (Å²) >= 11 is 0. The summed E-state index contributed by atoms with van der Waals surface area (Å²) < 4.78 is 0. The summed E-state index contributed by atoms with van der Waals surface area (Å²) in [5, 5.41) is 24.0. The third kappa shape index (κ3) is 6.93. The molecule has 0 spiro atoms. The van der Waals surface area contributed by atoms with Gasteiger partial charge in [0.15, 0.2) is 0 Å². The van der Waals surface area contributed by atoms with Crippen molar-refractivity contribution in [1.29, 1.82) is 0 Å². The maximum atomic E-state index is 11.1. The Hall–Kier alpha value is -0.450. The van der Waals surface area contributed by atoms with Gasteiger partial charge in [0.25, 0.3) is 0 Å². The highest BCUT2D eigenvalue weighted by Gasteiger charge is 2.30. The molecule has 1 rings (SSSR count). The van der Waals surface area contributed by atoms with Crippen LogP contribution in [0, 0.1) is 11.3 Å². The molecule has 1 aliphatic carbocycles. The van der Waals surface area contributed by atoms with Gasteiger partial charge in [-0.3, -0.25) is 4.79 Å². The minimum Gasteiger partial charge on any atom is -0.394 e. The molecular weight excluding hydrogens is 208 g/mol. The summed E-state index contributed by atoms with van der Waals surface area (Å²) in [6, 6.07) is 0. The van der Waals surface area contributed by atoms with Gasteiger partial charge >= 0.3 is 0 Å². The van der Waals surface area contributed by atoms with E-state index >= 15 is 0 Å². The van der Waals surface area contributed by atoms with E-state index in [1.165, 1.54) is 6.42 Å². The summed E-state index contributed by atoms with van der Waals surface area (Å²) in [6.45, 7) is 5.80. The van der Waals surface area contributed by atoms with Crippen molar-refractivity contribution in [3.63, 3.8) is 0 Å². The number of hydrogen-bond acceptors (Lipinski definition) is 4. The minimum atomic E-state index is -0.954. The Bertz CT molecular complexity index is 209. The Labute approximate surface area is 97.3 Å². The average Bonchev–Trinajstić information content (AvgIpc) is 2.13. The second-order valence-corrected chi connectivity index (χ2v) is 5.41. The summed E-state index contributed by atoms with van der Waals surface area (Å²) in [4.78, 5) is 11.1. The Morgan fingerprint density at radius 2 is 1.88 bits per heavy atom. The molecule has 16 heavy (non-hydrogen) atoms. The van der Waals surface area contributed by atoms with Crippen molar-refractivity contribution in [2.24, 2.45) is 11.3 Å². The van der Waals surface area contributed by atoms with Gasteiger partial charge in [-0.05, 0) is 17.8 Å². The maximum absolute atomic E-state index is 11.1. The Kier molecular flexibility index (Phi) is 6.79. The first kappa shape index (κ1) is 15.6. The van der Waals surface area contributed by atoms with Crippen LogP contribution in [0.1, 0.15) is 40.0 Å². The van der Waals surface area contributed by atoms with Gasteiger partial charge in [-0.1, -0.05) is 20.8 Å². The third-order valence-corrected chi connectivity index (χ3v) is 2.57. The molecule has 4 heteroatoms. The first-order valence-electron chi connectivity index (χ1n) is 5.72. The van der Waals surface area contributed by atoms with Gasteiger partial charge in [0.05, 0.1) is 13.2 Å². The van der Waals surface area contributed by atoms with E-state index in [4.69, 9.17) is 15.3 Å². The minimum absolute atomic E-state index is 0.273. The quantitative estimate of drug-likeness (QED) is 0.656. The molecule has 1 atom stereocenters. The van der Waals surface area contributed by atoms with Gasteiger partial charge in [0, 0.05) is 12.8 Å². The maximum Gasteiger partial charge on any atom is 0.133 e. The van der Waals surface area contributed by atoms with E-state index in [2.05, 4.69) is 20.8 Å². The number of carbonyl (C=O) groups is 1. The van der Waals surface area contributed by atoms with Crippen molar-refractivity contribution in [1.82, 2.24) is 0 Å². The highest BCUT2D eigenvalue weighted by atomic mass is 16.3. The van der Waals surface area contributed by atoms with Gasteiger partial charge in [-0.25, -0.2) is 0 Å². The molecule has 4 nitrogen and oxygen atoms in total. The molecule has 1 fully saturated rings. The van der Waals surface area contributed by atoms with Gasteiger partial charge < -0.3 is 15.3 Å². The van der Waals surface area contributed by atoms with Crippen LogP contribution in [0.25, 0.3) is 0 Å². The molecule has 0 aromatic rings. The molecule has 0 aliphatic heterocycles. The molecule has 0 heterocycles. The lowest BCUT2D eigenvalue weighted by Crippen LogP contribution is -2.27. The summed E-state index contributed by atoms with van der Waals surface area (Å²) in [5.41, 5.74) is 0.273. The zero-order valence-corrected chi connectivity index (χ0v) is 10.4. The molecule has 1 unspecified atom stereocenters. The van der Waals surface area contributed by atoms with Crippen LogP contribution in [-0.2, 0) is 4.79 Å². The van der Waals surface area contributed by atoms with Gasteiger partial charge in [-0.15, -0.1) is 0 Å². The van der Waals surface area contributed by atoms with Crippen LogP contribution < -0.4 is 0 Å². The van der Waals surface area contributed by atoms with E-state index in [0.717, 1.165) is 12.8 Å². The second-order valence-electron chi connectivity index (χ2n) is 5.41. The fourth-order valence-corrected chi connectivity index (χ4v) is 2.14. The van der Waals surface area contributed by atoms with Crippen molar-refractivity contribution in [2.75, 3.05) is 13.2 Å². The van der Waals surface area contributed by atoms with E-state index < -0.39 is 6.10 Å². The molecule has 0 amide bonds. The highest BCUT2D eigenvalue weighted by molar-refractivity contribution is 5.80. The lowest BCUT2D eigenvalue weighted by molar-refractivity contribution is -0.124. The molecule has 1 saturated carbocycles. The number of Topliss-reactive ketones (excluding diaryl/α,β-unsaturated/α-hetero) is 1. The smallest absolute Gasteiger partial charge is 0.133 e. The zero-order valence-electron chi connectivity index (χ0n) is 10.4. The number of aliphatic hydroxyl groups excluding tert-OH is 3. The van der Waals surface area contributed by atoms with Gasteiger partial charge in [0.1, 0.15) is 11.9 Å².